The van der Waals surface area contributed by atoms with E-state index in [4.69, 9.17) is 9.47 Å². The Labute approximate surface area is 145 Å². The van der Waals surface area contributed by atoms with E-state index in [1.807, 2.05) is 43.3 Å². The smallest absolute Gasteiger partial charge is 0.325 e. The minimum atomic E-state index is -1.01. The number of hydrogen-bond donors (Lipinski definition) is 1. The van der Waals surface area contributed by atoms with Crippen molar-refractivity contribution in [2.24, 2.45) is 0 Å². The largest absolute Gasteiger partial charge is 0.454 e. The summed E-state index contributed by atoms with van der Waals surface area (Å²) in [5.74, 6) is 1.08. The Morgan fingerprint density at radius 2 is 1.84 bits per heavy atom. The summed E-state index contributed by atoms with van der Waals surface area (Å²) in [4.78, 5) is 26.9. The molecule has 2 heterocycles. The second-order valence-electron chi connectivity index (χ2n) is 6.13. The Morgan fingerprint density at radius 3 is 2.60 bits per heavy atom. The van der Waals surface area contributed by atoms with Crippen LogP contribution in [0, 0.1) is 0 Å². The summed E-state index contributed by atoms with van der Waals surface area (Å²) in [5.41, 5.74) is 0.603. The van der Waals surface area contributed by atoms with Crippen LogP contribution in [0.4, 0.5) is 4.79 Å². The van der Waals surface area contributed by atoms with Gasteiger partial charge >= 0.3 is 6.03 Å². The molecular formula is C19H18N2O4. The number of imide groups is 1. The third-order valence-corrected chi connectivity index (χ3v) is 4.75. The molecule has 6 heteroatoms. The molecule has 0 saturated carbocycles. The van der Waals surface area contributed by atoms with Crippen molar-refractivity contribution in [2.75, 3.05) is 6.79 Å². The lowest BCUT2D eigenvalue weighted by atomic mass is 9.87. The van der Waals surface area contributed by atoms with Gasteiger partial charge in [0.25, 0.3) is 5.91 Å². The number of fused-ring (bicyclic) bond motifs is 1. The van der Waals surface area contributed by atoms with Crippen LogP contribution < -0.4 is 14.8 Å². The standard InChI is InChI=1S/C19H18N2O4/c1-2-19(14-6-4-3-5-7-14)17(22)21(18(23)20-19)11-13-8-9-15-16(10-13)25-12-24-15/h3-10H,2,11-12H2,1H3,(H,20,23)/t19-/m0/s1. The van der Waals surface area contributed by atoms with Gasteiger partial charge in [-0.1, -0.05) is 43.3 Å². The zero-order valence-electron chi connectivity index (χ0n) is 13.8. The summed E-state index contributed by atoms with van der Waals surface area (Å²) >= 11 is 0. The van der Waals surface area contributed by atoms with Crippen molar-refractivity contribution in [1.29, 1.82) is 0 Å². The fourth-order valence-corrected chi connectivity index (χ4v) is 3.35. The fraction of sp³-hybridized carbons (Fsp3) is 0.263. The van der Waals surface area contributed by atoms with Gasteiger partial charge in [-0.15, -0.1) is 0 Å². The van der Waals surface area contributed by atoms with E-state index in [0.717, 1.165) is 11.1 Å². The highest BCUT2D eigenvalue weighted by molar-refractivity contribution is 6.07. The second-order valence-corrected chi connectivity index (χ2v) is 6.13. The number of hydrogen-bond acceptors (Lipinski definition) is 4. The first-order chi connectivity index (χ1) is 12.1. The first kappa shape index (κ1) is 15.5. The highest BCUT2D eigenvalue weighted by atomic mass is 16.7. The number of amides is 3. The molecule has 0 spiro atoms. The van der Waals surface area contributed by atoms with Gasteiger partial charge in [-0.2, -0.15) is 0 Å². The predicted molar refractivity (Wildman–Crippen MR) is 90.1 cm³/mol. The quantitative estimate of drug-likeness (QED) is 0.871. The molecule has 2 aliphatic heterocycles. The van der Waals surface area contributed by atoms with Gasteiger partial charge in [0, 0.05) is 0 Å². The van der Waals surface area contributed by atoms with Gasteiger partial charge < -0.3 is 14.8 Å². The van der Waals surface area contributed by atoms with Gasteiger partial charge in [0.05, 0.1) is 6.54 Å². The molecule has 2 aromatic rings. The van der Waals surface area contributed by atoms with Crippen molar-refractivity contribution in [1.82, 2.24) is 10.2 Å². The van der Waals surface area contributed by atoms with Crippen LogP contribution in [-0.4, -0.2) is 23.6 Å². The van der Waals surface area contributed by atoms with Gasteiger partial charge in [-0.3, -0.25) is 9.69 Å². The third kappa shape index (κ3) is 2.41. The van der Waals surface area contributed by atoms with Crippen LogP contribution in [0.3, 0.4) is 0 Å². The molecule has 2 aromatic carbocycles. The number of carbonyl (C=O) groups is 2. The van der Waals surface area contributed by atoms with E-state index in [9.17, 15) is 9.59 Å². The van der Waals surface area contributed by atoms with Crippen molar-refractivity contribution < 1.29 is 19.1 Å². The van der Waals surface area contributed by atoms with E-state index >= 15 is 0 Å². The Hall–Kier alpha value is -3.02. The molecular weight excluding hydrogens is 320 g/mol. The van der Waals surface area contributed by atoms with Crippen molar-refractivity contribution >= 4 is 11.9 Å². The normalized spacial score (nSPS) is 21.6. The zero-order chi connectivity index (χ0) is 17.4. The minimum absolute atomic E-state index is 0.189. The van der Waals surface area contributed by atoms with Crippen LogP contribution in [0.25, 0.3) is 0 Å². The maximum Gasteiger partial charge on any atom is 0.325 e. The molecule has 0 radical (unpaired) electrons. The van der Waals surface area contributed by atoms with Gasteiger partial charge in [0.2, 0.25) is 6.79 Å². The fourth-order valence-electron chi connectivity index (χ4n) is 3.35. The maximum atomic E-state index is 13.1. The molecule has 0 aliphatic carbocycles. The molecule has 1 atom stereocenters. The molecule has 1 fully saturated rings. The van der Waals surface area contributed by atoms with E-state index in [1.165, 1.54) is 4.90 Å². The number of nitrogens with one attached hydrogen (secondary N) is 1. The van der Waals surface area contributed by atoms with E-state index in [0.29, 0.717) is 17.9 Å². The number of carbonyl (C=O) groups excluding carboxylic acids is 2. The number of ether oxygens (including phenoxy) is 2. The number of rotatable bonds is 4. The van der Waals surface area contributed by atoms with Crippen LogP contribution in [0.15, 0.2) is 48.5 Å². The molecule has 0 aromatic heterocycles. The molecule has 3 amide bonds. The van der Waals surface area contributed by atoms with Crippen LogP contribution >= 0.6 is 0 Å². The summed E-state index contributed by atoms with van der Waals surface area (Å²) < 4.78 is 10.7. The highest BCUT2D eigenvalue weighted by Gasteiger charge is 2.51. The molecule has 128 valence electrons. The van der Waals surface area contributed by atoms with E-state index in [-0.39, 0.29) is 25.3 Å². The summed E-state index contributed by atoms with van der Waals surface area (Å²) in [7, 11) is 0. The first-order valence-electron chi connectivity index (χ1n) is 8.22. The van der Waals surface area contributed by atoms with Crippen LogP contribution in [-0.2, 0) is 16.9 Å². The molecule has 25 heavy (non-hydrogen) atoms. The van der Waals surface area contributed by atoms with Gasteiger partial charge in [0.15, 0.2) is 11.5 Å². The molecule has 0 unspecified atom stereocenters. The van der Waals surface area contributed by atoms with E-state index < -0.39 is 5.54 Å². The summed E-state index contributed by atoms with van der Waals surface area (Å²) in [6.45, 7) is 2.28. The van der Waals surface area contributed by atoms with Crippen LogP contribution in [0.2, 0.25) is 0 Å². The summed E-state index contributed by atoms with van der Waals surface area (Å²) in [5, 5.41) is 2.89. The van der Waals surface area contributed by atoms with Crippen molar-refractivity contribution in [3.8, 4) is 11.5 Å². The minimum Gasteiger partial charge on any atom is -0.454 e. The summed E-state index contributed by atoms with van der Waals surface area (Å²) in [6, 6.07) is 14.4. The third-order valence-electron chi connectivity index (χ3n) is 4.75. The number of nitrogens with zero attached hydrogens (tertiary/aromatic N) is 1. The van der Waals surface area contributed by atoms with Gasteiger partial charge in [0.1, 0.15) is 5.54 Å². The van der Waals surface area contributed by atoms with E-state index in [2.05, 4.69) is 5.32 Å². The Balaban J connectivity index is 1.63. The zero-order valence-corrected chi connectivity index (χ0v) is 13.8. The van der Waals surface area contributed by atoms with Crippen LogP contribution in [0.1, 0.15) is 24.5 Å². The SMILES string of the molecule is CC[C@@]1(c2ccccc2)NC(=O)N(Cc2ccc3c(c2)OCO3)C1=O. The van der Waals surface area contributed by atoms with Crippen LogP contribution in [0.5, 0.6) is 11.5 Å². The monoisotopic (exact) mass is 338 g/mol. The lowest BCUT2D eigenvalue weighted by Gasteiger charge is -2.25. The highest BCUT2D eigenvalue weighted by Crippen LogP contribution is 2.35. The Morgan fingerprint density at radius 1 is 1.08 bits per heavy atom. The van der Waals surface area contributed by atoms with Crippen molar-refractivity contribution in [3.05, 3.63) is 59.7 Å². The average molecular weight is 338 g/mol. The molecule has 0 bridgehead atoms. The van der Waals surface area contributed by atoms with Gasteiger partial charge in [-0.05, 0) is 29.7 Å². The summed E-state index contributed by atoms with van der Waals surface area (Å²) in [6.07, 6.45) is 0.485. The first-order valence-corrected chi connectivity index (χ1v) is 8.22. The Kier molecular flexibility index (Phi) is 3.60. The maximum absolute atomic E-state index is 13.1. The average Bonchev–Trinajstić information content (AvgIpc) is 3.20. The lowest BCUT2D eigenvalue weighted by molar-refractivity contribution is -0.132. The van der Waals surface area contributed by atoms with Crippen molar-refractivity contribution in [2.45, 2.75) is 25.4 Å². The molecule has 4 rings (SSSR count). The lowest BCUT2D eigenvalue weighted by Crippen LogP contribution is -2.43. The molecule has 1 N–H and O–H groups in total. The Bertz CT molecular complexity index is 837. The molecule has 2 aliphatic rings. The number of urea groups is 1. The van der Waals surface area contributed by atoms with Gasteiger partial charge in [-0.25, -0.2) is 4.79 Å². The number of benzene rings is 2. The molecule has 1 saturated heterocycles. The predicted octanol–water partition coefficient (Wildman–Crippen LogP) is 2.77. The topological polar surface area (TPSA) is 67.9 Å². The van der Waals surface area contributed by atoms with Crippen molar-refractivity contribution in [3.63, 3.8) is 0 Å². The van der Waals surface area contributed by atoms with E-state index in [1.54, 1.807) is 12.1 Å². The molecule has 6 nitrogen and oxygen atoms in total. The second kappa shape index (κ2) is 5.81.